The Kier molecular flexibility index (Phi) is 4.76. The van der Waals surface area contributed by atoms with Gasteiger partial charge in [0.25, 0.3) is 0 Å². The van der Waals surface area contributed by atoms with Crippen molar-refractivity contribution in [3.63, 3.8) is 0 Å². The number of nitrogens with two attached hydrogens (primary N) is 1. The SMILES string of the molecule is NC(=O)c1ccc(C=CC(=O)N2CCN(CC3CC3)CC2)cc1. The second-order valence-corrected chi connectivity index (χ2v) is 6.39. The van der Waals surface area contributed by atoms with Gasteiger partial charge in [0.15, 0.2) is 0 Å². The summed E-state index contributed by atoms with van der Waals surface area (Å²) in [5.74, 6) is 0.510. The minimum absolute atomic E-state index is 0.0510. The molecular formula is C18H23N3O2. The van der Waals surface area contributed by atoms with Gasteiger partial charge in [-0.25, -0.2) is 0 Å². The largest absolute Gasteiger partial charge is 0.366 e. The van der Waals surface area contributed by atoms with E-state index in [-0.39, 0.29) is 5.91 Å². The van der Waals surface area contributed by atoms with E-state index in [0.29, 0.717) is 5.56 Å². The van der Waals surface area contributed by atoms with Crippen molar-refractivity contribution in [1.82, 2.24) is 9.80 Å². The zero-order chi connectivity index (χ0) is 16.2. The van der Waals surface area contributed by atoms with Crippen molar-refractivity contribution in [2.75, 3.05) is 32.7 Å². The van der Waals surface area contributed by atoms with Crippen molar-refractivity contribution < 1.29 is 9.59 Å². The molecule has 0 spiro atoms. The maximum atomic E-state index is 12.2. The third-order valence-electron chi connectivity index (χ3n) is 4.51. The molecule has 1 aromatic rings. The molecule has 2 aliphatic rings. The molecular weight excluding hydrogens is 290 g/mol. The first-order valence-electron chi connectivity index (χ1n) is 8.21. The number of piperazine rings is 1. The van der Waals surface area contributed by atoms with Crippen molar-refractivity contribution in [2.45, 2.75) is 12.8 Å². The molecule has 2 N–H and O–H groups in total. The average molecular weight is 313 g/mol. The molecule has 0 bridgehead atoms. The molecule has 1 aliphatic carbocycles. The Bertz CT molecular complexity index is 597. The molecule has 1 saturated heterocycles. The van der Waals surface area contributed by atoms with Gasteiger partial charge in [0, 0.05) is 44.4 Å². The van der Waals surface area contributed by atoms with Crippen LogP contribution in [0.2, 0.25) is 0 Å². The molecule has 23 heavy (non-hydrogen) atoms. The van der Waals surface area contributed by atoms with Crippen molar-refractivity contribution in [1.29, 1.82) is 0 Å². The summed E-state index contributed by atoms with van der Waals surface area (Å²) in [6, 6.07) is 6.92. The normalized spacial score (nSPS) is 19.2. The topological polar surface area (TPSA) is 66.6 Å². The molecule has 0 aromatic heterocycles. The molecule has 1 heterocycles. The lowest BCUT2D eigenvalue weighted by Gasteiger charge is -2.34. The Morgan fingerprint density at radius 3 is 2.30 bits per heavy atom. The Morgan fingerprint density at radius 1 is 1.09 bits per heavy atom. The van der Waals surface area contributed by atoms with Crippen LogP contribution in [-0.2, 0) is 4.79 Å². The number of benzene rings is 1. The van der Waals surface area contributed by atoms with E-state index in [1.165, 1.54) is 19.4 Å². The summed E-state index contributed by atoms with van der Waals surface area (Å²) < 4.78 is 0. The number of carbonyl (C=O) groups is 2. The fourth-order valence-electron chi connectivity index (χ4n) is 2.85. The Hall–Kier alpha value is -2.14. The third-order valence-corrected chi connectivity index (χ3v) is 4.51. The summed E-state index contributed by atoms with van der Waals surface area (Å²) in [6.45, 7) is 4.75. The molecule has 0 atom stereocenters. The van der Waals surface area contributed by atoms with Gasteiger partial charge in [-0.05, 0) is 42.5 Å². The van der Waals surface area contributed by atoms with Crippen molar-refractivity contribution in [2.24, 2.45) is 11.7 Å². The Labute approximate surface area is 136 Å². The number of rotatable bonds is 5. The highest BCUT2D eigenvalue weighted by molar-refractivity contribution is 5.94. The molecule has 0 unspecified atom stereocenters. The van der Waals surface area contributed by atoms with Crippen molar-refractivity contribution in [3.8, 4) is 0 Å². The second-order valence-electron chi connectivity index (χ2n) is 6.39. The van der Waals surface area contributed by atoms with Gasteiger partial charge < -0.3 is 10.6 Å². The molecule has 122 valence electrons. The predicted octanol–water partition coefficient (Wildman–Crippen LogP) is 1.35. The van der Waals surface area contributed by atoms with Gasteiger partial charge in [0.1, 0.15) is 0 Å². The fraction of sp³-hybridized carbons (Fsp3) is 0.444. The third kappa shape index (κ3) is 4.42. The van der Waals surface area contributed by atoms with Crippen LogP contribution < -0.4 is 5.73 Å². The van der Waals surface area contributed by atoms with Gasteiger partial charge in [-0.2, -0.15) is 0 Å². The molecule has 0 radical (unpaired) electrons. The van der Waals surface area contributed by atoms with Crippen LogP contribution in [0, 0.1) is 5.92 Å². The number of primary amides is 1. The number of nitrogens with zero attached hydrogens (tertiary/aromatic N) is 2. The summed E-state index contributed by atoms with van der Waals surface area (Å²) in [6.07, 6.45) is 6.13. The zero-order valence-electron chi connectivity index (χ0n) is 13.3. The van der Waals surface area contributed by atoms with Crippen LogP contribution in [0.15, 0.2) is 30.3 Å². The summed E-state index contributed by atoms with van der Waals surface area (Å²) in [5.41, 5.74) is 6.56. The molecule has 3 rings (SSSR count). The smallest absolute Gasteiger partial charge is 0.248 e. The van der Waals surface area contributed by atoms with Crippen LogP contribution >= 0.6 is 0 Å². The van der Waals surface area contributed by atoms with Crippen LogP contribution in [0.1, 0.15) is 28.8 Å². The molecule has 1 aromatic carbocycles. The van der Waals surface area contributed by atoms with E-state index in [4.69, 9.17) is 5.73 Å². The van der Waals surface area contributed by atoms with E-state index in [2.05, 4.69) is 4.90 Å². The monoisotopic (exact) mass is 313 g/mol. The minimum atomic E-state index is -0.444. The van der Waals surface area contributed by atoms with Crippen LogP contribution in [0.4, 0.5) is 0 Å². The summed E-state index contributed by atoms with van der Waals surface area (Å²) in [4.78, 5) is 27.6. The second kappa shape index (κ2) is 6.96. The van der Waals surface area contributed by atoms with Crippen LogP contribution in [0.25, 0.3) is 6.08 Å². The van der Waals surface area contributed by atoms with E-state index in [0.717, 1.165) is 37.7 Å². The molecule has 1 saturated carbocycles. The van der Waals surface area contributed by atoms with Gasteiger partial charge in [-0.15, -0.1) is 0 Å². The van der Waals surface area contributed by atoms with Gasteiger partial charge in [0.05, 0.1) is 0 Å². The molecule has 5 heteroatoms. The predicted molar refractivity (Wildman–Crippen MR) is 89.7 cm³/mol. The van der Waals surface area contributed by atoms with Crippen LogP contribution in [0.5, 0.6) is 0 Å². The van der Waals surface area contributed by atoms with E-state index in [9.17, 15) is 9.59 Å². The standard InChI is InChI=1S/C18H23N3O2/c19-18(23)16-6-3-14(4-7-16)5-8-17(22)21-11-9-20(10-12-21)13-15-1-2-15/h3-8,15H,1-2,9-13H2,(H2,19,23). The zero-order valence-corrected chi connectivity index (χ0v) is 13.3. The van der Waals surface area contributed by atoms with Gasteiger partial charge in [-0.3, -0.25) is 14.5 Å². The van der Waals surface area contributed by atoms with Gasteiger partial charge in [0.2, 0.25) is 11.8 Å². The fourth-order valence-corrected chi connectivity index (χ4v) is 2.85. The van der Waals surface area contributed by atoms with E-state index < -0.39 is 5.91 Å². The number of amides is 2. The first-order valence-corrected chi connectivity index (χ1v) is 8.21. The Balaban J connectivity index is 1.49. The lowest BCUT2D eigenvalue weighted by molar-refractivity contribution is -0.127. The van der Waals surface area contributed by atoms with Crippen molar-refractivity contribution in [3.05, 3.63) is 41.5 Å². The lowest BCUT2D eigenvalue weighted by atomic mass is 10.1. The molecule has 2 fully saturated rings. The number of carbonyl (C=O) groups excluding carboxylic acids is 2. The van der Waals surface area contributed by atoms with E-state index in [1.54, 1.807) is 36.4 Å². The first kappa shape index (κ1) is 15.7. The summed E-state index contributed by atoms with van der Waals surface area (Å²) in [7, 11) is 0. The summed E-state index contributed by atoms with van der Waals surface area (Å²) >= 11 is 0. The quantitative estimate of drug-likeness (QED) is 0.835. The maximum Gasteiger partial charge on any atom is 0.248 e. The highest BCUT2D eigenvalue weighted by Gasteiger charge is 2.27. The van der Waals surface area contributed by atoms with E-state index in [1.807, 2.05) is 4.90 Å². The molecule has 2 amide bonds. The minimum Gasteiger partial charge on any atom is -0.366 e. The number of hydrogen-bond donors (Lipinski definition) is 1. The van der Waals surface area contributed by atoms with Crippen LogP contribution in [0.3, 0.4) is 0 Å². The van der Waals surface area contributed by atoms with Crippen LogP contribution in [-0.4, -0.2) is 54.3 Å². The van der Waals surface area contributed by atoms with E-state index >= 15 is 0 Å². The highest BCUT2D eigenvalue weighted by atomic mass is 16.2. The lowest BCUT2D eigenvalue weighted by Crippen LogP contribution is -2.48. The first-order chi connectivity index (χ1) is 11.1. The molecule has 1 aliphatic heterocycles. The van der Waals surface area contributed by atoms with Crippen molar-refractivity contribution >= 4 is 17.9 Å². The molecule has 5 nitrogen and oxygen atoms in total. The average Bonchev–Trinajstić information content (AvgIpc) is 3.37. The van der Waals surface area contributed by atoms with Gasteiger partial charge >= 0.3 is 0 Å². The highest BCUT2D eigenvalue weighted by Crippen LogP contribution is 2.29. The summed E-state index contributed by atoms with van der Waals surface area (Å²) in [5, 5.41) is 0. The number of hydrogen-bond acceptors (Lipinski definition) is 3. The maximum absolute atomic E-state index is 12.2. The Morgan fingerprint density at radius 2 is 1.74 bits per heavy atom. The van der Waals surface area contributed by atoms with Gasteiger partial charge in [-0.1, -0.05) is 12.1 Å².